The fraction of sp³-hybridized carbons (Fsp3) is 0.111. The molecule has 0 saturated heterocycles. The number of rotatable bonds is 0. The number of hydrogen-bond acceptors (Lipinski definition) is 0. The molecule has 50 valence electrons. The van der Waals surface area contributed by atoms with Crippen LogP contribution in [-0.2, 0) is 0 Å². The second kappa shape index (κ2) is 2.26. The van der Waals surface area contributed by atoms with Crippen LogP contribution in [0.4, 0.5) is 0 Å². The topological polar surface area (TPSA) is 0 Å². The zero-order valence-corrected chi connectivity index (χ0v) is 7.51. The van der Waals surface area contributed by atoms with Crippen LogP contribution >= 0.6 is 0 Å². The van der Waals surface area contributed by atoms with Crippen molar-refractivity contribution in [2.75, 3.05) is 0 Å². The molecule has 2 rings (SSSR count). The van der Waals surface area contributed by atoms with Gasteiger partial charge in [-0.25, -0.2) is 0 Å². The first-order chi connectivity index (χ1) is 4.86. The van der Waals surface area contributed by atoms with Crippen LogP contribution in [0.2, 0.25) is 0 Å². The Morgan fingerprint density at radius 2 is 2.00 bits per heavy atom. The molecule has 0 aliphatic carbocycles. The summed E-state index contributed by atoms with van der Waals surface area (Å²) >= 11 is 0.622. The van der Waals surface area contributed by atoms with E-state index in [1.165, 1.54) is 14.1 Å². The predicted octanol–water partition coefficient (Wildman–Crippen LogP) is 2.21. The summed E-state index contributed by atoms with van der Waals surface area (Å²) in [6.45, 7) is 2.21. The van der Waals surface area contributed by atoms with Crippen molar-refractivity contribution >= 4 is 24.1 Å². The molecule has 0 spiro atoms. The number of fused-ring (bicyclic) bond motifs is 1. The molecule has 2 aromatic rings. The number of aryl methyl sites for hydroxylation is 1. The van der Waals surface area contributed by atoms with Crippen molar-refractivity contribution < 1.29 is 0 Å². The summed E-state index contributed by atoms with van der Waals surface area (Å²) in [7, 11) is 0. The third kappa shape index (κ3) is 0.920. The van der Waals surface area contributed by atoms with E-state index >= 15 is 0 Å². The maximum absolute atomic E-state index is 2.29. The Balaban J connectivity index is 2.88. The van der Waals surface area contributed by atoms with E-state index in [1.54, 1.807) is 0 Å². The molecule has 0 N–H and O–H groups in total. The molecule has 0 bridgehead atoms. The van der Waals surface area contributed by atoms with Gasteiger partial charge in [0.2, 0.25) is 0 Å². The summed E-state index contributed by atoms with van der Waals surface area (Å²) in [6.07, 6.45) is 0. The third-order valence-electron chi connectivity index (χ3n) is 1.55. The first kappa shape index (κ1) is 6.21. The maximum atomic E-state index is 2.29. The van der Waals surface area contributed by atoms with E-state index in [1.807, 2.05) is 0 Å². The van der Waals surface area contributed by atoms with Gasteiger partial charge in [0.25, 0.3) is 0 Å². The van der Waals surface area contributed by atoms with E-state index in [9.17, 15) is 0 Å². The van der Waals surface area contributed by atoms with Gasteiger partial charge >= 0.3 is 65.8 Å². The average Bonchev–Trinajstić information content (AvgIpc) is 2.27. The first-order valence-corrected chi connectivity index (χ1v) is 5.03. The van der Waals surface area contributed by atoms with Crippen molar-refractivity contribution in [1.29, 1.82) is 0 Å². The molecule has 1 heteroatoms. The Kier molecular flexibility index (Phi) is 1.40. The zero-order chi connectivity index (χ0) is 6.97. The van der Waals surface area contributed by atoms with Crippen LogP contribution in [0.1, 0.15) is 4.44 Å². The summed E-state index contributed by atoms with van der Waals surface area (Å²) in [5.74, 6) is 0. The molecule has 1 aromatic carbocycles. The fourth-order valence-electron chi connectivity index (χ4n) is 1.11. The predicted molar refractivity (Wildman–Crippen MR) is 45.6 cm³/mol. The van der Waals surface area contributed by atoms with Crippen LogP contribution in [0.25, 0.3) is 9.65 Å². The summed E-state index contributed by atoms with van der Waals surface area (Å²) in [5, 5.41) is 1.43. The van der Waals surface area contributed by atoms with Crippen LogP contribution in [0, 0.1) is 6.92 Å². The molecule has 0 nitrogen and oxygen atoms in total. The molecule has 0 aliphatic heterocycles. The van der Waals surface area contributed by atoms with Crippen LogP contribution < -0.4 is 0 Å². The zero-order valence-electron chi connectivity index (χ0n) is 5.79. The van der Waals surface area contributed by atoms with E-state index in [0.717, 1.165) is 0 Å². The molecule has 1 heterocycles. The molecule has 10 heavy (non-hydrogen) atoms. The van der Waals surface area contributed by atoms with Crippen LogP contribution in [-0.4, -0.2) is 14.5 Å². The summed E-state index contributed by atoms with van der Waals surface area (Å²) < 4.78 is 3.07. The molecule has 0 unspecified atom stereocenters. The van der Waals surface area contributed by atoms with Crippen molar-refractivity contribution in [3.63, 3.8) is 0 Å². The standard InChI is InChI=1S/C9H8Se/c1-7-6-8-4-2-3-5-9(8)10-7/h2-6H,1H3. The van der Waals surface area contributed by atoms with Gasteiger partial charge < -0.3 is 0 Å². The van der Waals surface area contributed by atoms with Gasteiger partial charge in [-0.1, -0.05) is 0 Å². The monoisotopic (exact) mass is 196 g/mol. The molecule has 0 saturated carbocycles. The van der Waals surface area contributed by atoms with E-state index in [2.05, 4.69) is 37.3 Å². The van der Waals surface area contributed by atoms with E-state index in [4.69, 9.17) is 0 Å². The Labute approximate surface area is 66.2 Å². The minimum atomic E-state index is 0.622. The molecule has 0 atom stereocenters. The second-order valence-corrected chi connectivity index (χ2v) is 5.10. The van der Waals surface area contributed by atoms with Crippen LogP contribution in [0.5, 0.6) is 0 Å². The van der Waals surface area contributed by atoms with Crippen LogP contribution in [0.3, 0.4) is 0 Å². The van der Waals surface area contributed by atoms with Gasteiger partial charge in [-0.15, -0.1) is 0 Å². The Morgan fingerprint density at radius 3 is 2.80 bits per heavy atom. The summed E-state index contributed by atoms with van der Waals surface area (Å²) in [5.41, 5.74) is 0. The molecule has 0 fully saturated rings. The van der Waals surface area contributed by atoms with Crippen molar-refractivity contribution in [1.82, 2.24) is 0 Å². The Hall–Kier alpha value is -0.521. The SMILES string of the molecule is Cc1cc2ccccc2[se]1. The van der Waals surface area contributed by atoms with Crippen molar-refractivity contribution in [3.05, 3.63) is 34.8 Å². The number of benzene rings is 1. The van der Waals surface area contributed by atoms with Gasteiger partial charge in [-0.05, 0) is 0 Å². The van der Waals surface area contributed by atoms with Gasteiger partial charge in [-0.3, -0.25) is 0 Å². The van der Waals surface area contributed by atoms with Gasteiger partial charge in [-0.2, -0.15) is 0 Å². The molecule has 1 aromatic heterocycles. The van der Waals surface area contributed by atoms with E-state index < -0.39 is 0 Å². The molecular weight excluding hydrogens is 187 g/mol. The fourth-order valence-corrected chi connectivity index (χ4v) is 3.05. The van der Waals surface area contributed by atoms with E-state index in [0.29, 0.717) is 14.5 Å². The summed E-state index contributed by atoms with van der Waals surface area (Å²) in [6, 6.07) is 10.9. The Morgan fingerprint density at radius 1 is 1.20 bits per heavy atom. The van der Waals surface area contributed by atoms with Gasteiger partial charge in [0.15, 0.2) is 0 Å². The molecular formula is C9H8Se. The molecule has 0 amide bonds. The van der Waals surface area contributed by atoms with E-state index in [-0.39, 0.29) is 0 Å². The van der Waals surface area contributed by atoms with Gasteiger partial charge in [0, 0.05) is 0 Å². The third-order valence-corrected chi connectivity index (χ3v) is 3.71. The normalized spacial score (nSPS) is 10.5. The van der Waals surface area contributed by atoms with Crippen molar-refractivity contribution in [2.24, 2.45) is 0 Å². The molecule has 0 radical (unpaired) electrons. The molecule has 0 aliphatic rings. The van der Waals surface area contributed by atoms with Gasteiger partial charge in [0.1, 0.15) is 0 Å². The average molecular weight is 195 g/mol. The minimum absolute atomic E-state index is 0.622. The summed E-state index contributed by atoms with van der Waals surface area (Å²) in [4.78, 5) is 0. The van der Waals surface area contributed by atoms with Crippen molar-refractivity contribution in [2.45, 2.75) is 6.92 Å². The number of hydrogen-bond donors (Lipinski definition) is 0. The van der Waals surface area contributed by atoms with Crippen molar-refractivity contribution in [3.8, 4) is 0 Å². The van der Waals surface area contributed by atoms with Crippen LogP contribution in [0.15, 0.2) is 30.3 Å². The Bertz CT molecular complexity index is 313. The second-order valence-electron chi connectivity index (χ2n) is 2.39. The first-order valence-electron chi connectivity index (χ1n) is 3.31. The quantitative estimate of drug-likeness (QED) is 0.565. The van der Waals surface area contributed by atoms with Gasteiger partial charge in [0.05, 0.1) is 0 Å².